The number of ether oxygens (including phenoxy) is 1. The first kappa shape index (κ1) is 19.9. The maximum Gasteiger partial charge on any atom is 0.263 e. The van der Waals surface area contributed by atoms with Gasteiger partial charge >= 0.3 is 0 Å². The third kappa shape index (κ3) is 4.35. The molecular weight excluding hydrogens is 380 g/mol. The number of hydrogen-bond acceptors (Lipinski definition) is 7. The van der Waals surface area contributed by atoms with E-state index in [4.69, 9.17) is 15.0 Å². The first-order chi connectivity index (χ1) is 13.2. The monoisotopic (exact) mass is 402 g/mol. The summed E-state index contributed by atoms with van der Waals surface area (Å²) in [6, 6.07) is 4.34. The van der Waals surface area contributed by atoms with Gasteiger partial charge in [0, 0.05) is 24.2 Å². The zero-order valence-electron chi connectivity index (χ0n) is 15.4. The minimum absolute atomic E-state index is 0.00415. The fourth-order valence-electron chi connectivity index (χ4n) is 3.31. The number of fused-ring (bicyclic) bond motifs is 3. The minimum atomic E-state index is -0.227. The summed E-state index contributed by atoms with van der Waals surface area (Å²) in [6.45, 7) is 0.879. The average Bonchev–Trinajstić information content (AvgIpc) is 3.06. The number of thioether (sulfide) groups is 1. The molecule has 0 aliphatic heterocycles. The second kappa shape index (κ2) is 9.36. The number of aryl methyl sites for hydroxylation is 2. The van der Waals surface area contributed by atoms with Crippen molar-refractivity contribution in [1.82, 2.24) is 9.55 Å². The highest BCUT2D eigenvalue weighted by molar-refractivity contribution is 7.99. The van der Waals surface area contributed by atoms with Crippen LogP contribution in [-0.2, 0) is 24.1 Å². The second-order valence-corrected chi connectivity index (χ2v) is 8.64. The molecule has 8 heteroatoms. The van der Waals surface area contributed by atoms with E-state index >= 15 is 0 Å². The van der Waals surface area contributed by atoms with E-state index in [2.05, 4.69) is 12.1 Å². The Hall–Kier alpha value is -1.87. The van der Waals surface area contributed by atoms with Crippen molar-refractivity contribution in [3.63, 3.8) is 0 Å². The molecule has 0 bridgehead atoms. The molecule has 1 atom stereocenters. The van der Waals surface area contributed by atoms with Gasteiger partial charge in [-0.05, 0) is 37.7 Å². The highest BCUT2D eigenvalue weighted by Gasteiger charge is 2.22. The van der Waals surface area contributed by atoms with Gasteiger partial charge in [-0.1, -0.05) is 11.8 Å². The molecule has 1 aliphatic carbocycles. The molecule has 0 fully saturated rings. The van der Waals surface area contributed by atoms with E-state index in [1.165, 1.54) is 28.6 Å². The fraction of sp³-hybridized carbons (Fsp3) is 0.579. The summed E-state index contributed by atoms with van der Waals surface area (Å²) < 4.78 is 6.87. The van der Waals surface area contributed by atoms with Crippen molar-refractivity contribution in [2.24, 2.45) is 5.92 Å². The lowest BCUT2D eigenvalue weighted by molar-refractivity contribution is 0.183. The van der Waals surface area contributed by atoms with Crippen molar-refractivity contribution in [3.8, 4) is 12.1 Å². The van der Waals surface area contributed by atoms with Crippen LogP contribution in [0.4, 0.5) is 0 Å². The highest BCUT2D eigenvalue weighted by atomic mass is 32.2. The third-order valence-corrected chi connectivity index (χ3v) is 7.08. The Labute approximate surface area is 166 Å². The van der Waals surface area contributed by atoms with Gasteiger partial charge in [-0.15, -0.1) is 11.3 Å². The fourth-order valence-corrected chi connectivity index (χ4v) is 5.70. The Morgan fingerprint density at radius 1 is 1.37 bits per heavy atom. The average molecular weight is 403 g/mol. The number of nitriles is 2. The standard InChI is InChI=1S/C19H22N4O2S2/c1-25-10-9-23-18(24)16-14-6-2-3-7-15(14)27-17(16)22-19(23)26-12-13(11-21)5-4-8-20/h13H,2-7,9-10,12H2,1H3/t13-/m1/s1. The maximum absolute atomic E-state index is 13.2. The summed E-state index contributed by atoms with van der Waals surface area (Å²) in [5.41, 5.74) is 1.19. The predicted octanol–water partition coefficient (Wildman–Crippen LogP) is 3.52. The highest BCUT2D eigenvalue weighted by Crippen LogP contribution is 2.35. The molecule has 2 heterocycles. The van der Waals surface area contributed by atoms with Gasteiger partial charge in [-0.2, -0.15) is 10.5 Å². The van der Waals surface area contributed by atoms with Crippen LogP contribution in [0.1, 0.15) is 36.1 Å². The first-order valence-corrected chi connectivity index (χ1v) is 10.9. The van der Waals surface area contributed by atoms with Gasteiger partial charge in [-0.25, -0.2) is 4.98 Å². The molecule has 142 valence electrons. The van der Waals surface area contributed by atoms with Gasteiger partial charge < -0.3 is 4.74 Å². The van der Waals surface area contributed by atoms with Crippen LogP contribution in [0.5, 0.6) is 0 Å². The number of methoxy groups -OCH3 is 1. The van der Waals surface area contributed by atoms with E-state index in [0.29, 0.717) is 36.9 Å². The lowest BCUT2D eigenvalue weighted by Gasteiger charge is -2.14. The van der Waals surface area contributed by atoms with Gasteiger partial charge in [-0.3, -0.25) is 9.36 Å². The van der Waals surface area contributed by atoms with E-state index in [1.807, 2.05) is 0 Å². The zero-order chi connectivity index (χ0) is 19.2. The number of thiophene rings is 1. The Balaban J connectivity index is 1.96. The van der Waals surface area contributed by atoms with E-state index in [9.17, 15) is 10.1 Å². The van der Waals surface area contributed by atoms with E-state index in [1.54, 1.807) is 23.0 Å². The molecule has 0 N–H and O–H groups in total. The molecule has 3 rings (SSSR count). The Bertz CT molecular complexity index is 952. The summed E-state index contributed by atoms with van der Waals surface area (Å²) >= 11 is 3.06. The number of hydrogen-bond donors (Lipinski definition) is 0. The van der Waals surface area contributed by atoms with Crippen LogP contribution < -0.4 is 5.56 Å². The molecule has 0 aromatic carbocycles. The van der Waals surface area contributed by atoms with Crippen LogP contribution in [0, 0.1) is 28.6 Å². The van der Waals surface area contributed by atoms with Crippen molar-refractivity contribution >= 4 is 33.3 Å². The number of rotatable bonds is 8. The van der Waals surface area contributed by atoms with Crippen molar-refractivity contribution in [3.05, 3.63) is 20.8 Å². The molecule has 0 unspecified atom stereocenters. The van der Waals surface area contributed by atoms with Crippen molar-refractivity contribution < 1.29 is 4.74 Å². The minimum Gasteiger partial charge on any atom is -0.383 e. The van der Waals surface area contributed by atoms with E-state index in [-0.39, 0.29) is 11.5 Å². The van der Waals surface area contributed by atoms with Crippen molar-refractivity contribution in [1.29, 1.82) is 10.5 Å². The van der Waals surface area contributed by atoms with Crippen molar-refractivity contribution in [2.75, 3.05) is 19.5 Å². The number of nitrogens with zero attached hydrogens (tertiary/aromatic N) is 4. The number of aromatic nitrogens is 2. The summed E-state index contributed by atoms with van der Waals surface area (Å²) in [6.07, 6.45) is 5.17. The molecule has 1 aliphatic rings. The molecule has 2 aromatic rings. The summed E-state index contributed by atoms with van der Waals surface area (Å²) in [5, 5.41) is 19.4. The quantitative estimate of drug-likeness (QED) is 0.495. The third-order valence-electron chi connectivity index (χ3n) is 4.76. The van der Waals surface area contributed by atoms with Gasteiger partial charge in [0.1, 0.15) is 4.83 Å². The second-order valence-electron chi connectivity index (χ2n) is 6.57. The van der Waals surface area contributed by atoms with Gasteiger partial charge in [0.2, 0.25) is 0 Å². The Morgan fingerprint density at radius 3 is 2.93 bits per heavy atom. The van der Waals surface area contributed by atoms with Gasteiger partial charge in [0.05, 0.1) is 36.6 Å². The molecule has 0 amide bonds. The summed E-state index contributed by atoms with van der Waals surface area (Å²) in [4.78, 5) is 20.1. The molecular formula is C19H22N4O2S2. The first-order valence-electron chi connectivity index (χ1n) is 9.13. The van der Waals surface area contributed by atoms with E-state index < -0.39 is 0 Å². The van der Waals surface area contributed by atoms with Crippen LogP contribution in [0.3, 0.4) is 0 Å². The summed E-state index contributed by atoms with van der Waals surface area (Å²) in [7, 11) is 1.61. The van der Waals surface area contributed by atoms with Crippen LogP contribution in [-0.4, -0.2) is 29.0 Å². The zero-order valence-corrected chi connectivity index (χ0v) is 17.0. The lowest BCUT2D eigenvalue weighted by Crippen LogP contribution is -2.26. The van der Waals surface area contributed by atoms with Crippen LogP contribution in [0.15, 0.2) is 9.95 Å². The molecule has 27 heavy (non-hydrogen) atoms. The molecule has 0 saturated heterocycles. The largest absolute Gasteiger partial charge is 0.383 e. The SMILES string of the molecule is COCCn1c(SC[C@@H](C#N)CCC#N)nc2sc3c(c2c1=O)CCCC3. The Kier molecular flexibility index (Phi) is 6.89. The topological polar surface area (TPSA) is 91.7 Å². The van der Waals surface area contributed by atoms with E-state index in [0.717, 1.165) is 29.5 Å². The van der Waals surface area contributed by atoms with Crippen LogP contribution in [0.25, 0.3) is 10.2 Å². The Morgan fingerprint density at radius 2 is 2.19 bits per heavy atom. The molecule has 0 radical (unpaired) electrons. The normalized spacial score (nSPS) is 14.5. The van der Waals surface area contributed by atoms with Crippen LogP contribution in [0.2, 0.25) is 0 Å². The van der Waals surface area contributed by atoms with Crippen LogP contribution >= 0.6 is 23.1 Å². The molecule has 0 saturated carbocycles. The molecule has 0 spiro atoms. The predicted molar refractivity (Wildman–Crippen MR) is 107 cm³/mol. The van der Waals surface area contributed by atoms with Crippen molar-refractivity contribution in [2.45, 2.75) is 50.2 Å². The smallest absolute Gasteiger partial charge is 0.263 e. The molecule has 6 nitrogen and oxygen atoms in total. The van der Waals surface area contributed by atoms with Gasteiger partial charge in [0.25, 0.3) is 5.56 Å². The van der Waals surface area contributed by atoms with Gasteiger partial charge in [0.15, 0.2) is 5.16 Å². The summed E-state index contributed by atoms with van der Waals surface area (Å²) in [5.74, 6) is 0.295. The lowest BCUT2D eigenvalue weighted by atomic mass is 9.97. The molecule has 2 aromatic heterocycles. The maximum atomic E-state index is 13.2.